The molecule has 0 spiro atoms. The van der Waals surface area contributed by atoms with Crippen LogP contribution in [0, 0.1) is 18.6 Å². The lowest BCUT2D eigenvalue weighted by molar-refractivity contribution is 0.569. The van der Waals surface area contributed by atoms with E-state index in [2.05, 4.69) is 15.9 Å². The number of hydrogen-bond donors (Lipinski definition) is 0. The third-order valence-corrected chi connectivity index (χ3v) is 4.55. The van der Waals surface area contributed by atoms with Crippen molar-refractivity contribution in [2.24, 2.45) is 0 Å². The Morgan fingerprint density at radius 2 is 1.68 bits per heavy atom. The Hall–Kier alpha value is -0.640. The standard InChI is InChI=1S/C14H9BrCl2F2/c1-7-4-9(13(19)6-12(7)18)14(15)8-2-3-10(16)11(17)5-8/h2-6,14H,1H3. The molecule has 2 rings (SSSR count). The molecule has 0 fully saturated rings. The van der Waals surface area contributed by atoms with Crippen molar-refractivity contribution in [3.8, 4) is 0 Å². The number of halogens is 5. The normalized spacial score (nSPS) is 12.5. The first kappa shape index (κ1) is 14.8. The molecule has 19 heavy (non-hydrogen) atoms. The van der Waals surface area contributed by atoms with Crippen molar-refractivity contribution < 1.29 is 8.78 Å². The monoisotopic (exact) mass is 364 g/mol. The van der Waals surface area contributed by atoms with Gasteiger partial charge in [0.1, 0.15) is 11.6 Å². The summed E-state index contributed by atoms with van der Waals surface area (Å²) < 4.78 is 27.1. The topological polar surface area (TPSA) is 0 Å². The zero-order valence-corrected chi connectivity index (χ0v) is 13.0. The number of hydrogen-bond acceptors (Lipinski definition) is 0. The first-order valence-electron chi connectivity index (χ1n) is 5.44. The highest BCUT2D eigenvalue weighted by molar-refractivity contribution is 9.09. The van der Waals surface area contributed by atoms with Crippen LogP contribution in [0.2, 0.25) is 10.0 Å². The minimum atomic E-state index is -0.601. The minimum absolute atomic E-state index is 0.359. The second-order valence-corrected chi connectivity index (χ2v) is 5.89. The molecule has 5 heteroatoms. The van der Waals surface area contributed by atoms with E-state index in [4.69, 9.17) is 23.2 Å². The smallest absolute Gasteiger partial charge is 0.130 e. The molecule has 100 valence electrons. The number of aryl methyl sites for hydroxylation is 1. The third kappa shape index (κ3) is 3.10. The van der Waals surface area contributed by atoms with Crippen molar-refractivity contribution in [2.75, 3.05) is 0 Å². The van der Waals surface area contributed by atoms with E-state index in [9.17, 15) is 8.78 Å². The molecule has 0 aliphatic heterocycles. The summed E-state index contributed by atoms with van der Waals surface area (Å²) in [7, 11) is 0. The number of alkyl halides is 1. The van der Waals surface area contributed by atoms with Crippen molar-refractivity contribution in [3.63, 3.8) is 0 Å². The van der Waals surface area contributed by atoms with Crippen LogP contribution < -0.4 is 0 Å². The van der Waals surface area contributed by atoms with E-state index >= 15 is 0 Å². The van der Waals surface area contributed by atoms with Gasteiger partial charge in [0.25, 0.3) is 0 Å². The zero-order chi connectivity index (χ0) is 14.2. The van der Waals surface area contributed by atoms with Crippen LogP contribution in [0.25, 0.3) is 0 Å². The molecule has 0 aliphatic carbocycles. The number of benzene rings is 2. The summed E-state index contributed by atoms with van der Waals surface area (Å²) in [5.41, 5.74) is 1.50. The molecule has 0 amide bonds. The van der Waals surface area contributed by atoms with Crippen LogP contribution in [-0.4, -0.2) is 0 Å². The molecule has 0 N–H and O–H groups in total. The highest BCUT2D eigenvalue weighted by Crippen LogP contribution is 2.36. The van der Waals surface area contributed by atoms with E-state index in [1.54, 1.807) is 25.1 Å². The van der Waals surface area contributed by atoms with E-state index < -0.39 is 16.5 Å². The molecule has 1 unspecified atom stereocenters. The molecule has 0 bridgehead atoms. The maximum atomic E-state index is 13.8. The average molecular weight is 366 g/mol. The second kappa shape index (κ2) is 5.78. The van der Waals surface area contributed by atoms with Crippen LogP contribution in [0.5, 0.6) is 0 Å². The quantitative estimate of drug-likeness (QED) is 0.567. The van der Waals surface area contributed by atoms with E-state index in [1.807, 2.05) is 0 Å². The lowest BCUT2D eigenvalue weighted by atomic mass is 10.0. The molecule has 0 aromatic heterocycles. The Morgan fingerprint density at radius 3 is 2.32 bits per heavy atom. The van der Waals surface area contributed by atoms with Crippen molar-refractivity contribution in [1.82, 2.24) is 0 Å². The summed E-state index contributed by atoms with van der Waals surface area (Å²) in [6, 6.07) is 7.40. The van der Waals surface area contributed by atoms with Gasteiger partial charge >= 0.3 is 0 Å². The van der Waals surface area contributed by atoms with Gasteiger partial charge in [-0.05, 0) is 36.2 Å². The third-order valence-electron chi connectivity index (χ3n) is 2.79. The molecule has 0 nitrogen and oxygen atoms in total. The summed E-state index contributed by atoms with van der Waals surface area (Å²) >= 11 is 15.2. The van der Waals surface area contributed by atoms with E-state index in [0.717, 1.165) is 11.6 Å². The predicted molar refractivity (Wildman–Crippen MR) is 78.3 cm³/mol. The van der Waals surface area contributed by atoms with Crippen molar-refractivity contribution >= 4 is 39.1 Å². The van der Waals surface area contributed by atoms with Gasteiger partial charge in [-0.3, -0.25) is 0 Å². The van der Waals surface area contributed by atoms with Gasteiger partial charge in [0.15, 0.2) is 0 Å². The van der Waals surface area contributed by atoms with E-state index in [-0.39, 0.29) is 0 Å². The van der Waals surface area contributed by atoms with Gasteiger partial charge in [0.05, 0.1) is 14.9 Å². The Labute approximate surface area is 128 Å². The number of rotatable bonds is 2. The Bertz CT molecular complexity index is 629. The molecule has 0 heterocycles. The molecule has 2 aromatic carbocycles. The van der Waals surface area contributed by atoms with E-state index in [1.165, 1.54) is 6.07 Å². The van der Waals surface area contributed by atoms with Crippen LogP contribution in [0.15, 0.2) is 30.3 Å². The fourth-order valence-corrected chi connectivity index (χ4v) is 2.67. The molecule has 0 radical (unpaired) electrons. The van der Waals surface area contributed by atoms with Crippen molar-refractivity contribution in [3.05, 3.63) is 68.7 Å². The largest absolute Gasteiger partial charge is 0.207 e. The predicted octanol–water partition coefficient (Wildman–Crippen LogP) is 6.06. The second-order valence-electron chi connectivity index (χ2n) is 4.16. The summed E-state index contributed by atoms with van der Waals surface area (Å²) in [5, 5.41) is 0.823. The molecular formula is C14H9BrCl2F2. The lowest BCUT2D eigenvalue weighted by Crippen LogP contribution is -1.99. The first-order valence-corrected chi connectivity index (χ1v) is 7.12. The SMILES string of the molecule is Cc1cc(C(Br)c2ccc(Cl)c(Cl)c2)c(F)cc1F. The zero-order valence-electron chi connectivity index (χ0n) is 9.85. The van der Waals surface area contributed by atoms with Crippen molar-refractivity contribution in [2.45, 2.75) is 11.8 Å². The van der Waals surface area contributed by atoms with Crippen LogP contribution in [-0.2, 0) is 0 Å². The van der Waals surface area contributed by atoms with Gasteiger partial charge in [-0.1, -0.05) is 45.2 Å². The Balaban J connectivity index is 2.46. The minimum Gasteiger partial charge on any atom is -0.207 e. The van der Waals surface area contributed by atoms with Gasteiger partial charge < -0.3 is 0 Å². The fraction of sp³-hybridized carbons (Fsp3) is 0.143. The van der Waals surface area contributed by atoms with Gasteiger partial charge in [0.2, 0.25) is 0 Å². The van der Waals surface area contributed by atoms with Crippen molar-refractivity contribution in [1.29, 1.82) is 0 Å². The highest BCUT2D eigenvalue weighted by atomic mass is 79.9. The summed E-state index contributed by atoms with van der Waals surface area (Å²) in [6.45, 7) is 1.59. The highest BCUT2D eigenvalue weighted by Gasteiger charge is 2.17. The van der Waals surface area contributed by atoms with Gasteiger partial charge in [-0.2, -0.15) is 0 Å². The maximum absolute atomic E-state index is 13.8. The molecule has 0 saturated heterocycles. The fourth-order valence-electron chi connectivity index (χ4n) is 1.72. The van der Waals surface area contributed by atoms with Gasteiger partial charge in [-0.15, -0.1) is 0 Å². The average Bonchev–Trinajstić information content (AvgIpc) is 2.36. The lowest BCUT2D eigenvalue weighted by Gasteiger charge is -2.14. The van der Waals surface area contributed by atoms with Crippen LogP contribution >= 0.6 is 39.1 Å². The summed E-state index contributed by atoms with van der Waals surface area (Å²) in [6.07, 6.45) is 0. The first-order chi connectivity index (χ1) is 8.90. The summed E-state index contributed by atoms with van der Waals surface area (Å²) in [4.78, 5) is -0.415. The van der Waals surface area contributed by atoms with Crippen LogP contribution in [0.4, 0.5) is 8.78 Å². The Morgan fingerprint density at radius 1 is 1.00 bits per heavy atom. The van der Waals surface area contributed by atoms with Crippen LogP contribution in [0.1, 0.15) is 21.5 Å². The van der Waals surface area contributed by atoms with Crippen LogP contribution in [0.3, 0.4) is 0 Å². The maximum Gasteiger partial charge on any atom is 0.130 e. The molecule has 0 aliphatic rings. The molecule has 1 atom stereocenters. The molecular weight excluding hydrogens is 357 g/mol. The van der Waals surface area contributed by atoms with Gasteiger partial charge in [-0.25, -0.2) is 8.78 Å². The molecule has 2 aromatic rings. The van der Waals surface area contributed by atoms with Gasteiger partial charge in [0, 0.05) is 11.6 Å². The molecule has 0 saturated carbocycles. The Kier molecular flexibility index (Phi) is 4.49. The van der Waals surface area contributed by atoms with E-state index in [0.29, 0.717) is 21.2 Å². The summed E-state index contributed by atoms with van der Waals surface area (Å²) in [5.74, 6) is -1.16.